The Morgan fingerprint density at radius 3 is 1.63 bits per heavy atom. The summed E-state index contributed by atoms with van der Waals surface area (Å²) < 4.78 is 23.5. The molecule has 292 valence electrons. The number of allylic oxidation sites excluding steroid dienone is 2. The first-order chi connectivity index (χ1) is 23.5. The van der Waals surface area contributed by atoms with Gasteiger partial charge in [-0.2, -0.15) is 0 Å². The molecule has 0 aromatic rings. The van der Waals surface area contributed by atoms with Gasteiger partial charge in [-0.3, -0.25) is 13.8 Å². The van der Waals surface area contributed by atoms with Crippen molar-refractivity contribution < 1.29 is 32.9 Å². The lowest BCUT2D eigenvalue weighted by atomic mass is 10.0. The Morgan fingerprint density at radius 2 is 1.12 bits per heavy atom. The summed E-state index contributed by atoms with van der Waals surface area (Å²) in [4.78, 5) is 23.0. The number of carbonyl (C=O) groups excluding carboxylic acids is 1. The molecule has 0 heterocycles. The molecule has 0 aromatic heterocycles. The van der Waals surface area contributed by atoms with E-state index in [0.717, 1.165) is 57.8 Å². The van der Waals surface area contributed by atoms with Gasteiger partial charge < -0.3 is 19.8 Å². The Balaban J connectivity index is 4.37. The minimum Gasteiger partial charge on any atom is -0.391 e. The van der Waals surface area contributed by atoms with Gasteiger partial charge in [-0.05, 0) is 32.1 Å². The van der Waals surface area contributed by atoms with Crippen LogP contribution in [0.5, 0.6) is 0 Å². The molecule has 49 heavy (non-hydrogen) atoms. The third kappa shape index (κ3) is 35.4. The zero-order chi connectivity index (χ0) is 36.5. The van der Waals surface area contributed by atoms with Crippen LogP contribution in [0.25, 0.3) is 0 Å². The minimum absolute atomic E-state index is 0.0741. The number of rotatable bonds is 37. The number of likely N-dealkylation sites (N-methyl/N-ethyl adjacent to an activating group) is 1. The molecular formula is C40H82N2O6P+. The van der Waals surface area contributed by atoms with E-state index in [0.29, 0.717) is 23.9 Å². The lowest BCUT2D eigenvalue weighted by molar-refractivity contribution is -0.870. The maximum absolute atomic E-state index is 12.8. The van der Waals surface area contributed by atoms with Gasteiger partial charge in [-0.1, -0.05) is 161 Å². The number of unbranched alkanes of at least 4 members (excludes halogenated alkanes) is 22. The van der Waals surface area contributed by atoms with Gasteiger partial charge >= 0.3 is 7.82 Å². The Labute approximate surface area is 303 Å². The third-order valence-corrected chi connectivity index (χ3v) is 10.2. The van der Waals surface area contributed by atoms with E-state index in [1.807, 2.05) is 21.1 Å². The van der Waals surface area contributed by atoms with E-state index in [2.05, 4.69) is 31.3 Å². The monoisotopic (exact) mass is 718 g/mol. The highest BCUT2D eigenvalue weighted by Gasteiger charge is 2.28. The lowest BCUT2D eigenvalue weighted by Crippen LogP contribution is -2.46. The quantitative estimate of drug-likeness (QED) is 0.0256. The van der Waals surface area contributed by atoms with Gasteiger partial charge in [-0.25, -0.2) is 4.57 Å². The summed E-state index contributed by atoms with van der Waals surface area (Å²) in [6.07, 6.45) is 35.2. The van der Waals surface area contributed by atoms with Crippen LogP contribution in [0.4, 0.5) is 0 Å². The van der Waals surface area contributed by atoms with Crippen molar-refractivity contribution in [3.05, 3.63) is 12.2 Å². The molecule has 0 aromatic carbocycles. The number of amides is 1. The molecule has 3 unspecified atom stereocenters. The second kappa shape index (κ2) is 33.1. The number of nitrogens with zero attached hydrogens (tertiary/aromatic N) is 1. The van der Waals surface area contributed by atoms with E-state index in [-0.39, 0.29) is 19.1 Å². The largest absolute Gasteiger partial charge is 0.472 e. The van der Waals surface area contributed by atoms with Crippen molar-refractivity contribution >= 4 is 13.7 Å². The van der Waals surface area contributed by atoms with Crippen molar-refractivity contribution in [3.63, 3.8) is 0 Å². The second-order valence-electron chi connectivity index (χ2n) is 15.4. The number of hydrogen-bond donors (Lipinski definition) is 3. The van der Waals surface area contributed by atoms with Crippen LogP contribution >= 0.6 is 7.82 Å². The highest BCUT2D eigenvalue weighted by Crippen LogP contribution is 2.43. The van der Waals surface area contributed by atoms with Crippen molar-refractivity contribution in [2.24, 2.45) is 0 Å². The molecule has 0 bridgehead atoms. The highest BCUT2D eigenvalue weighted by molar-refractivity contribution is 7.47. The lowest BCUT2D eigenvalue weighted by Gasteiger charge is -2.26. The summed E-state index contributed by atoms with van der Waals surface area (Å²) in [6, 6.07) is -0.760. The fourth-order valence-corrected chi connectivity index (χ4v) is 6.64. The summed E-state index contributed by atoms with van der Waals surface area (Å²) in [5.41, 5.74) is 0. The van der Waals surface area contributed by atoms with E-state index in [1.54, 1.807) is 0 Å². The van der Waals surface area contributed by atoms with E-state index in [4.69, 9.17) is 9.05 Å². The van der Waals surface area contributed by atoms with Gasteiger partial charge in [-0.15, -0.1) is 0 Å². The van der Waals surface area contributed by atoms with Crippen LogP contribution in [0.2, 0.25) is 0 Å². The Kier molecular flexibility index (Phi) is 32.6. The predicted molar refractivity (Wildman–Crippen MR) is 208 cm³/mol. The standard InChI is InChI=1S/C40H81N2O6P/c1-6-8-10-12-14-16-18-19-20-21-22-23-24-25-27-29-31-33-39(43)38(37-48-49(45,46)47-36-35-42(3,4)5)41-40(44)34-32-30-28-26-17-15-13-11-9-7-2/h13,15,38-39,43H,6-12,14,16-37H2,1-5H3,(H-,41,44,45,46)/p+1/b15-13-. The zero-order valence-electron chi connectivity index (χ0n) is 32.9. The first-order valence-electron chi connectivity index (χ1n) is 20.6. The fourth-order valence-electron chi connectivity index (χ4n) is 5.91. The predicted octanol–water partition coefficient (Wildman–Crippen LogP) is 10.8. The molecule has 1 amide bonds. The number of carbonyl (C=O) groups is 1. The minimum atomic E-state index is -4.31. The Morgan fingerprint density at radius 1 is 0.673 bits per heavy atom. The van der Waals surface area contributed by atoms with E-state index in [9.17, 15) is 19.4 Å². The average Bonchev–Trinajstić information content (AvgIpc) is 3.04. The van der Waals surface area contributed by atoms with Crippen molar-refractivity contribution in [1.29, 1.82) is 0 Å². The average molecular weight is 718 g/mol. The van der Waals surface area contributed by atoms with E-state index < -0.39 is 20.0 Å². The van der Waals surface area contributed by atoms with Crippen molar-refractivity contribution in [2.75, 3.05) is 40.9 Å². The van der Waals surface area contributed by atoms with Crippen LogP contribution in [-0.4, -0.2) is 73.4 Å². The van der Waals surface area contributed by atoms with Crippen LogP contribution in [0.3, 0.4) is 0 Å². The van der Waals surface area contributed by atoms with Gasteiger partial charge in [0.15, 0.2) is 0 Å². The second-order valence-corrected chi connectivity index (χ2v) is 16.8. The number of phosphoric ester groups is 1. The molecule has 0 spiro atoms. The molecule has 0 fully saturated rings. The first kappa shape index (κ1) is 48.2. The molecule has 0 saturated heterocycles. The van der Waals surface area contributed by atoms with Crippen LogP contribution < -0.4 is 5.32 Å². The smallest absolute Gasteiger partial charge is 0.391 e. The van der Waals surface area contributed by atoms with E-state index in [1.165, 1.54) is 103 Å². The molecule has 0 aliphatic carbocycles. The number of hydrogen-bond acceptors (Lipinski definition) is 5. The fraction of sp³-hybridized carbons (Fsp3) is 0.925. The number of quaternary nitrogens is 1. The maximum atomic E-state index is 12.8. The van der Waals surface area contributed by atoms with Crippen LogP contribution in [0.1, 0.15) is 187 Å². The normalized spacial score (nSPS) is 14.7. The highest BCUT2D eigenvalue weighted by atomic mass is 31.2. The zero-order valence-corrected chi connectivity index (χ0v) is 33.8. The van der Waals surface area contributed by atoms with Crippen LogP contribution in [0.15, 0.2) is 12.2 Å². The van der Waals surface area contributed by atoms with Gasteiger partial charge in [0.2, 0.25) is 5.91 Å². The van der Waals surface area contributed by atoms with Crippen LogP contribution in [0, 0.1) is 0 Å². The summed E-state index contributed by atoms with van der Waals surface area (Å²) in [6.45, 7) is 4.83. The number of phosphoric acid groups is 1. The number of nitrogens with one attached hydrogen (secondary N) is 1. The Hall–Kier alpha value is -0.760. The number of aliphatic hydroxyl groups is 1. The maximum Gasteiger partial charge on any atom is 0.472 e. The first-order valence-corrected chi connectivity index (χ1v) is 22.0. The van der Waals surface area contributed by atoms with Crippen molar-refractivity contribution in [3.8, 4) is 0 Å². The number of aliphatic hydroxyl groups excluding tert-OH is 1. The third-order valence-electron chi connectivity index (χ3n) is 9.26. The summed E-state index contributed by atoms with van der Waals surface area (Å²) in [5.74, 6) is -0.159. The topological polar surface area (TPSA) is 105 Å². The molecule has 8 nitrogen and oxygen atoms in total. The van der Waals surface area contributed by atoms with Crippen molar-refractivity contribution in [2.45, 2.75) is 199 Å². The van der Waals surface area contributed by atoms with Gasteiger partial charge in [0.1, 0.15) is 13.2 Å². The van der Waals surface area contributed by atoms with Crippen molar-refractivity contribution in [1.82, 2.24) is 5.32 Å². The molecule has 0 saturated carbocycles. The summed E-state index contributed by atoms with van der Waals surface area (Å²) in [7, 11) is 1.61. The molecule has 3 atom stereocenters. The molecule has 0 aliphatic heterocycles. The van der Waals surface area contributed by atoms with Crippen LogP contribution in [-0.2, 0) is 18.4 Å². The molecule has 9 heteroatoms. The molecule has 0 rings (SSSR count). The SMILES string of the molecule is CCCC/C=C\CCCCCCC(=O)NC(COP(=O)(O)OCC[N+](C)(C)C)C(O)CCCCCCCCCCCCCCCCCCC. The molecule has 0 aliphatic rings. The van der Waals surface area contributed by atoms with Gasteiger partial charge in [0.05, 0.1) is 39.9 Å². The van der Waals surface area contributed by atoms with Gasteiger partial charge in [0.25, 0.3) is 0 Å². The molecule has 0 radical (unpaired) electrons. The Bertz CT molecular complexity index is 819. The van der Waals surface area contributed by atoms with Gasteiger partial charge in [0, 0.05) is 6.42 Å². The molecule has 3 N–H and O–H groups in total. The summed E-state index contributed by atoms with van der Waals surface area (Å²) in [5, 5.41) is 13.9. The molecular weight excluding hydrogens is 635 g/mol. The van der Waals surface area contributed by atoms with E-state index >= 15 is 0 Å². The summed E-state index contributed by atoms with van der Waals surface area (Å²) >= 11 is 0.